The maximum atomic E-state index is 5.94. The molecule has 100 valence electrons. The molecule has 4 nitrogen and oxygen atoms in total. The van der Waals surface area contributed by atoms with Crippen molar-refractivity contribution in [1.82, 2.24) is 4.98 Å². The minimum Gasteiger partial charge on any atom is -0.489 e. The lowest BCUT2D eigenvalue weighted by Gasteiger charge is -2.28. The third kappa shape index (κ3) is 3.43. The summed E-state index contributed by atoms with van der Waals surface area (Å²) in [6, 6.07) is 3.84. The van der Waals surface area contributed by atoms with Gasteiger partial charge in [-0.15, -0.1) is 0 Å². The van der Waals surface area contributed by atoms with Crippen molar-refractivity contribution < 1.29 is 9.47 Å². The monoisotopic (exact) mass is 250 g/mol. The van der Waals surface area contributed by atoms with Crippen LogP contribution in [0.1, 0.15) is 44.3 Å². The zero-order valence-electron chi connectivity index (χ0n) is 11.1. The van der Waals surface area contributed by atoms with Crippen LogP contribution in [-0.2, 0) is 4.74 Å². The highest BCUT2D eigenvalue weighted by atomic mass is 16.5. The van der Waals surface area contributed by atoms with Crippen molar-refractivity contribution in [2.75, 3.05) is 7.11 Å². The molecule has 2 rings (SSSR count). The van der Waals surface area contributed by atoms with E-state index >= 15 is 0 Å². The Labute approximate surface area is 108 Å². The number of hydrogen-bond donors (Lipinski definition) is 1. The van der Waals surface area contributed by atoms with Crippen molar-refractivity contribution in [2.45, 2.75) is 50.9 Å². The van der Waals surface area contributed by atoms with Crippen LogP contribution in [0.3, 0.4) is 0 Å². The molecule has 2 unspecified atom stereocenters. The summed E-state index contributed by atoms with van der Waals surface area (Å²) in [6.07, 6.45) is 6.69. The van der Waals surface area contributed by atoms with E-state index in [4.69, 9.17) is 15.2 Å². The van der Waals surface area contributed by atoms with E-state index in [0.717, 1.165) is 37.1 Å². The van der Waals surface area contributed by atoms with Crippen molar-refractivity contribution in [1.29, 1.82) is 0 Å². The molecule has 1 fully saturated rings. The third-order valence-electron chi connectivity index (χ3n) is 3.44. The summed E-state index contributed by atoms with van der Waals surface area (Å²) in [5.74, 6) is 0.821. The van der Waals surface area contributed by atoms with Crippen LogP contribution in [0, 0.1) is 0 Å². The maximum Gasteiger partial charge on any atom is 0.138 e. The molecule has 1 aromatic heterocycles. The highest BCUT2D eigenvalue weighted by Gasteiger charge is 2.23. The second-order valence-corrected chi connectivity index (χ2v) is 4.97. The van der Waals surface area contributed by atoms with Crippen LogP contribution in [0.25, 0.3) is 0 Å². The van der Waals surface area contributed by atoms with Gasteiger partial charge in [0.2, 0.25) is 0 Å². The topological polar surface area (TPSA) is 57.4 Å². The summed E-state index contributed by atoms with van der Waals surface area (Å²) in [6.45, 7) is 1.92. The van der Waals surface area contributed by atoms with E-state index in [9.17, 15) is 0 Å². The first-order chi connectivity index (χ1) is 8.69. The standard InChI is InChI=1S/C14H22N2O2/c1-10(15)14-7-6-13(9-16-14)18-12-5-3-4-11(8-12)17-2/h6-7,9-12H,3-5,8,15H2,1-2H3/t10-,11?,12?/m1/s1. The zero-order chi connectivity index (χ0) is 13.0. The van der Waals surface area contributed by atoms with E-state index in [-0.39, 0.29) is 12.1 Å². The summed E-state index contributed by atoms with van der Waals surface area (Å²) >= 11 is 0. The number of ether oxygens (including phenoxy) is 2. The van der Waals surface area contributed by atoms with Crippen LogP contribution in [0.15, 0.2) is 18.3 Å². The largest absolute Gasteiger partial charge is 0.489 e. The number of hydrogen-bond acceptors (Lipinski definition) is 4. The van der Waals surface area contributed by atoms with Crippen LogP contribution in [0.2, 0.25) is 0 Å². The minimum absolute atomic E-state index is 0.0356. The number of nitrogens with zero attached hydrogens (tertiary/aromatic N) is 1. The molecule has 3 atom stereocenters. The van der Waals surface area contributed by atoms with Crippen molar-refractivity contribution in [3.8, 4) is 5.75 Å². The fourth-order valence-electron chi connectivity index (χ4n) is 2.35. The van der Waals surface area contributed by atoms with Gasteiger partial charge >= 0.3 is 0 Å². The van der Waals surface area contributed by atoms with Gasteiger partial charge in [0.05, 0.1) is 18.0 Å². The van der Waals surface area contributed by atoms with Gasteiger partial charge < -0.3 is 15.2 Å². The molecule has 0 spiro atoms. The van der Waals surface area contributed by atoms with Crippen LogP contribution >= 0.6 is 0 Å². The molecule has 0 saturated heterocycles. The van der Waals surface area contributed by atoms with Crippen molar-refractivity contribution >= 4 is 0 Å². The first-order valence-corrected chi connectivity index (χ1v) is 6.60. The Morgan fingerprint density at radius 2 is 2.11 bits per heavy atom. The average Bonchev–Trinajstić information content (AvgIpc) is 2.39. The molecule has 0 radical (unpaired) electrons. The predicted octanol–water partition coefficient (Wildman–Crippen LogP) is 2.44. The minimum atomic E-state index is -0.0356. The quantitative estimate of drug-likeness (QED) is 0.891. The van der Waals surface area contributed by atoms with Gasteiger partial charge in [-0.05, 0) is 38.3 Å². The summed E-state index contributed by atoms with van der Waals surface area (Å²) in [5.41, 5.74) is 6.65. The summed E-state index contributed by atoms with van der Waals surface area (Å²) < 4.78 is 11.3. The maximum absolute atomic E-state index is 5.94. The first-order valence-electron chi connectivity index (χ1n) is 6.60. The molecular formula is C14H22N2O2. The Bertz CT molecular complexity index is 365. The molecule has 0 aromatic carbocycles. The van der Waals surface area contributed by atoms with Crippen molar-refractivity contribution in [3.05, 3.63) is 24.0 Å². The summed E-state index contributed by atoms with van der Waals surface area (Å²) in [7, 11) is 1.77. The van der Waals surface area contributed by atoms with E-state index in [2.05, 4.69) is 4.98 Å². The fraction of sp³-hybridized carbons (Fsp3) is 0.643. The summed E-state index contributed by atoms with van der Waals surface area (Å²) in [4.78, 5) is 4.30. The Hall–Kier alpha value is -1.13. The van der Waals surface area contributed by atoms with Gasteiger partial charge in [-0.1, -0.05) is 0 Å². The van der Waals surface area contributed by atoms with Crippen LogP contribution < -0.4 is 10.5 Å². The van der Waals surface area contributed by atoms with Gasteiger partial charge in [-0.2, -0.15) is 0 Å². The van der Waals surface area contributed by atoms with E-state index in [0.29, 0.717) is 6.10 Å². The Morgan fingerprint density at radius 3 is 2.72 bits per heavy atom. The van der Waals surface area contributed by atoms with E-state index in [1.807, 2.05) is 19.1 Å². The van der Waals surface area contributed by atoms with Crippen molar-refractivity contribution in [3.63, 3.8) is 0 Å². The van der Waals surface area contributed by atoms with Crippen LogP contribution in [0.5, 0.6) is 5.75 Å². The fourth-order valence-corrected chi connectivity index (χ4v) is 2.35. The third-order valence-corrected chi connectivity index (χ3v) is 3.44. The number of rotatable bonds is 4. The van der Waals surface area contributed by atoms with E-state index in [1.54, 1.807) is 13.3 Å². The highest BCUT2D eigenvalue weighted by molar-refractivity contribution is 5.21. The van der Waals surface area contributed by atoms with Crippen LogP contribution in [-0.4, -0.2) is 24.3 Å². The molecule has 0 aliphatic heterocycles. The summed E-state index contributed by atoms with van der Waals surface area (Å²) in [5, 5.41) is 0. The highest BCUT2D eigenvalue weighted by Crippen LogP contribution is 2.25. The number of aromatic nitrogens is 1. The molecule has 1 aliphatic rings. The van der Waals surface area contributed by atoms with Crippen LogP contribution in [0.4, 0.5) is 0 Å². The second kappa shape index (κ2) is 6.16. The van der Waals surface area contributed by atoms with Gasteiger partial charge in [0.1, 0.15) is 11.9 Å². The normalized spacial score (nSPS) is 25.7. The van der Waals surface area contributed by atoms with Gasteiger partial charge in [0.25, 0.3) is 0 Å². The molecule has 1 aromatic rings. The number of methoxy groups -OCH3 is 1. The van der Waals surface area contributed by atoms with Crippen molar-refractivity contribution in [2.24, 2.45) is 5.73 Å². The lowest BCUT2D eigenvalue weighted by Crippen LogP contribution is -2.29. The smallest absolute Gasteiger partial charge is 0.138 e. The molecule has 4 heteroatoms. The Morgan fingerprint density at radius 1 is 1.33 bits per heavy atom. The second-order valence-electron chi connectivity index (χ2n) is 4.97. The van der Waals surface area contributed by atoms with E-state index < -0.39 is 0 Å². The average molecular weight is 250 g/mol. The first kappa shape index (κ1) is 13.3. The molecule has 1 aliphatic carbocycles. The Kier molecular flexibility index (Phi) is 4.55. The van der Waals surface area contributed by atoms with E-state index in [1.165, 1.54) is 0 Å². The molecule has 1 saturated carbocycles. The SMILES string of the molecule is COC1CCCC(Oc2ccc([C@@H](C)N)nc2)C1. The number of nitrogens with two attached hydrogens (primary N) is 1. The number of pyridine rings is 1. The molecule has 0 bridgehead atoms. The molecular weight excluding hydrogens is 228 g/mol. The van der Waals surface area contributed by atoms with Gasteiger partial charge in [-0.3, -0.25) is 4.98 Å². The Balaban J connectivity index is 1.92. The van der Waals surface area contributed by atoms with Gasteiger partial charge in [0.15, 0.2) is 0 Å². The predicted molar refractivity (Wildman–Crippen MR) is 70.5 cm³/mol. The lowest BCUT2D eigenvalue weighted by molar-refractivity contribution is 0.0208. The molecule has 18 heavy (non-hydrogen) atoms. The lowest BCUT2D eigenvalue weighted by atomic mass is 9.95. The zero-order valence-corrected chi connectivity index (χ0v) is 11.1. The molecule has 2 N–H and O–H groups in total. The molecule has 1 heterocycles. The van der Waals surface area contributed by atoms with Gasteiger partial charge in [0, 0.05) is 19.6 Å². The molecule has 0 amide bonds. The van der Waals surface area contributed by atoms with Gasteiger partial charge in [-0.25, -0.2) is 0 Å².